The number of nitrogens with zero attached hydrogens (tertiary/aromatic N) is 2. The maximum Gasteiger partial charge on any atom is 0.355 e. The summed E-state index contributed by atoms with van der Waals surface area (Å²) in [6.07, 6.45) is 0. The van der Waals surface area contributed by atoms with E-state index in [9.17, 15) is 20.2 Å². The van der Waals surface area contributed by atoms with Gasteiger partial charge < -0.3 is 0 Å². The second-order valence-corrected chi connectivity index (χ2v) is 5.00. The number of nitro benzene ring substituents is 2. The smallest absolute Gasteiger partial charge is 0.258 e. The first-order valence-corrected chi connectivity index (χ1v) is 6.14. The highest BCUT2D eigenvalue weighted by molar-refractivity contribution is 7.25. The molecule has 94 valence electrons. The van der Waals surface area contributed by atoms with Crippen molar-refractivity contribution in [3.05, 3.63) is 56.6 Å². The molecule has 0 radical (unpaired) electrons. The van der Waals surface area contributed by atoms with E-state index in [1.807, 2.05) is 12.1 Å². The van der Waals surface area contributed by atoms with E-state index in [1.165, 1.54) is 17.4 Å². The fourth-order valence-corrected chi connectivity index (χ4v) is 3.23. The van der Waals surface area contributed by atoms with E-state index in [1.54, 1.807) is 18.2 Å². The fraction of sp³-hybridized carbons (Fsp3) is 0. The first-order chi connectivity index (χ1) is 9.09. The molecule has 3 aromatic rings. The van der Waals surface area contributed by atoms with Gasteiger partial charge in [-0.25, -0.2) is 0 Å². The topological polar surface area (TPSA) is 86.3 Å². The molecule has 7 heteroatoms. The van der Waals surface area contributed by atoms with Crippen LogP contribution in [-0.2, 0) is 0 Å². The lowest BCUT2D eigenvalue weighted by Crippen LogP contribution is -1.96. The maximum absolute atomic E-state index is 11.2. The third-order valence-electron chi connectivity index (χ3n) is 2.87. The van der Waals surface area contributed by atoms with E-state index >= 15 is 0 Å². The summed E-state index contributed by atoms with van der Waals surface area (Å²) in [5.41, 5.74) is -0.902. The molecule has 0 unspecified atom stereocenters. The Hall–Kier alpha value is -2.54. The van der Waals surface area contributed by atoms with Gasteiger partial charge in [-0.05, 0) is 12.1 Å². The van der Waals surface area contributed by atoms with E-state index in [0.29, 0.717) is 15.5 Å². The molecule has 3 rings (SSSR count). The second-order valence-electron chi connectivity index (χ2n) is 3.92. The van der Waals surface area contributed by atoms with Crippen LogP contribution in [0.2, 0.25) is 0 Å². The zero-order chi connectivity index (χ0) is 13.6. The Morgan fingerprint density at radius 2 is 1.63 bits per heavy atom. The van der Waals surface area contributed by atoms with Gasteiger partial charge in [0.15, 0.2) is 0 Å². The van der Waals surface area contributed by atoms with Gasteiger partial charge in [-0.1, -0.05) is 18.2 Å². The number of benzene rings is 2. The van der Waals surface area contributed by atoms with Crippen LogP contribution in [-0.4, -0.2) is 9.85 Å². The Morgan fingerprint density at radius 1 is 0.895 bits per heavy atom. The Balaban J connectivity index is 2.57. The predicted molar refractivity (Wildman–Crippen MR) is 72.6 cm³/mol. The number of rotatable bonds is 2. The lowest BCUT2D eigenvalue weighted by molar-refractivity contribution is -0.421. The zero-order valence-electron chi connectivity index (χ0n) is 9.40. The molecule has 0 fully saturated rings. The summed E-state index contributed by atoms with van der Waals surface area (Å²) in [5, 5.41) is 23.1. The van der Waals surface area contributed by atoms with Crippen LogP contribution >= 0.6 is 11.3 Å². The minimum Gasteiger partial charge on any atom is -0.258 e. The van der Waals surface area contributed by atoms with Crippen LogP contribution in [0.1, 0.15) is 0 Å². The average molecular weight is 274 g/mol. The van der Waals surface area contributed by atoms with E-state index < -0.39 is 21.2 Å². The van der Waals surface area contributed by atoms with Crippen molar-refractivity contribution in [3.8, 4) is 0 Å². The summed E-state index contributed by atoms with van der Waals surface area (Å²) in [6.45, 7) is 0. The van der Waals surface area contributed by atoms with Gasteiger partial charge in [0.1, 0.15) is 0 Å². The monoisotopic (exact) mass is 274 g/mol. The Kier molecular flexibility index (Phi) is 2.42. The molecule has 0 aliphatic carbocycles. The van der Waals surface area contributed by atoms with Crippen molar-refractivity contribution in [1.82, 2.24) is 0 Å². The normalized spacial score (nSPS) is 10.9. The molecular formula is C12H6N2O4S. The fourth-order valence-electron chi connectivity index (χ4n) is 2.12. The Bertz CT molecular complexity index is 840. The van der Waals surface area contributed by atoms with Crippen molar-refractivity contribution >= 4 is 42.9 Å². The highest BCUT2D eigenvalue weighted by atomic mass is 32.1. The number of hydrogen-bond acceptors (Lipinski definition) is 5. The molecule has 0 aliphatic rings. The summed E-state index contributed by atoms with van der Waals surface area (Å²) in [5.74, 6) is 0. The summed E-state index contributed by atoms with van der Waals surface area (Å²) in [7, 11) is 0. The number of nitro groups is 2. The minimum absolute atomic E-state index is 0.347. The first kappa shape index (κ1) is 11.5. The maximum atomic E-state index is 11.2. The molecule has 1 heterocycles. The van der Waals surface area contributed by atoms with Gasteiger partial charge in [0, 0.05) is 20.9 Å². The second kappa shape index (κ2) is 3.99. The third-order valence-corrected chi connectivity index (χ3v) is 4.01. The molecule has 1 aromatic heterocycles. The quantitative estimate of drug-likeness (QED) is 0.524. The molecule has 0 atom stereocenters. The molecule has 19 heavy (non-hydrogen) atoms. The van der Waals surface area contributed by atoms with Crippen LogP contribution in [0.4, 0.5) is 11.4 Å². The van der Waals surface area contributed by atoms with Gasteiger partial charge >= 0.3 is 11.4 Å². The Labute approximate surface area is 110 Å². The van der Waals surface area contributed by atoms with Crippen LogP contribution in [0.5, 0.6) is 0 Å². The summed E-state index contributed by atoms with van der Waals surface area (Å²) in [6, 6.07) is 9.93. The van der Waals surface area contributed by atoms with Gasteiger partial charge in [0.25, 0.3) is 0 Å². The van der Waals surface area contributed by atoms with Crippen molar-refractivity contribution in [2.45, 2.75) is 0 Å². The number of thiophene rings is 1. The molecule has 0 spiro atoms. The molecule has 0 saturated carbocycles. The molecule has 2 aromatic carbocycles. The van der Waals surface area contributed by atoms with Crippen molar-refractivity contribution in [3.63, 3.8) is 0 Å². The molecule has 0 amide bonds. The van der Waals surface area contributed by atoms with Crippen LogP contribution in [0.15, 0.2) is 36.4 Å². The van der Waals surface area contributed by atoms with E-state index in [4.69, 9.17) is 0 Å². The first-order valence-electron chi connectivity index (χ1n) is 5.32. The van der Waals surface area contributed by atoms with Crippen LogP contribution in [0.3, 0.4) is 0 Å². The summed E-state index contributed by atoms with van der Waals surface area (Å²) in [4.78, 5) is 20.7. The third kappa shape index (κ3) is 1.63. The van der Waals surface area contributed by atoms with Crippen LogP contribution < -0.4 is 0 Å². The molecule has 0 aliphatic heterocycles. The van der Waals surface area contributed by atoms with Gasteiger partial charge in [0.2, 0.25) is 0 Å². The van der Waals surface area contributed by atoms with Crippen molar-refractivity contribution in [1.29, 1.82) is 0 Å². The Morgan fingerprint density at radius 3 is 2.32 bits per heavy atom. The van der Waals surface area contributed by atoms with Crippen LogP contribution in [0.25, 0.3) is 20.2 Å². The van der Waals surface area contributed by atoms with Gasteiger partial charge in [-0.15, -0.1) is 11.3 Å². The number of hydrogen-bond donors (Lipinski definition) is 0. The largest absolute Gasteiger partial charge is 0.355 e. The minimum atomic E-state index is -0.718. The standard InChI is InChI=1S/C12H6N2O4S/c15-13(16)8-5-6-10-11(12(8)14(17)18)7-3-1-2-4-9(7)19-10/h1-6H. The van der Waals surface area contributed by atoms with E-state index in [0.717, 1.165) is 4.70 Å². The zero-order valence-corrected chi connectivity index (χ0v) is 10.2. The molecular weight excluding hydrogens is 268 g/mol. The number of fused-ring (bicyclic) bond motifs is 3. The molecule has 0 bridgehead atoms. The van der Waals surface area contributed by atoms with Crippen molar-refractivity contribution < 1.29 is 9.85 Å². The SMILES string of the molecule is O=[N+]([O-])c1ccc2sc3ccccc3c2c1[N+](=O)[O-]. The average Bonchev–Trinajstić information content (AvgIpc) is 2.75. The van der Waals surface area contributed by atoms with E-state index in [-0.39, 0.29) is 0 Å². The van der Waals surface area contributed by atoms with Crippen LogP contribution in [0, 0.1) is 20.2 Å². The lowest BCUT2D eigenvalue weighted by atomic mass is 10.1. The molecule has 0 N–H and O–H groups in total. The van der Waals surface area contributed by atoms with Gasteiger partial charge in [-0.3, -0.25) is 20.2 Å². The highest BCUT2D eigenvalue weighted by Crippen LogP contribution is 2.43. The molecule has 0 saturated heterocycles. The lowest BCUT2D eigenvalue weighted by Gasteiger charge is -1.97. The highest BCUT2D eigenvalue weighted by Gasteiger charge is 2.29. The van der Waals surface area contributed by atoms with Crippen molar-refractivity contribution in [2.24, 2.45) is 0 Å². The van der Waals surface area contributed by atoms with Crippen molar-refractivity contribution in [2.75, 3.05) is 0 Å². The molecule has 6 nitrogen and oxygen atoms in total. The summed E-state index contributed by atoms with van der Waals surface area (Å²) < 4.78 is 1.56. The van der Waals surface area contributed by atoms with Gasteiger partial charge in [0.05, 0.1) is 15.2 Å². The van der Waals surface area contributed by atoms with Gasteiger partial charge in [-0.2, -0.15) is 0 Å². The predicted octanol–water partition coefficient (Wildman–Crippen LogP) is 3.87. The van der Waals surface area contributed by atoms with E-state index in [2.05, 4.69) is 0 Å². The summed E-state index contributed by atoms with van der Waals surface area (Å²) >= 11 is 1.39.